The lowest BCUT2D eigenvalue weighted by Gasteiger charge is -2.23. The van der Waals surface area contributed by atoms with Crippen molar-refractivity contribution in [3.05, 3.63) is 95.4 Å². The van der Waals surface area contributed by atoms with Gasteiger partial charge in [-0.1, -0.05) is 48.5 Å². The van der Waals surface area contributed by atoms with E-state index >= 15 is 4.39 Å². The van der Waals surface area contributed by atoms with Gasteiger partial charge in [0, 0.05) is 6.61 Å². The quantitative estimate of drug-likeness (QED) is 0.0934. The van der Waals surface area contributed by atoms with E-state index in [1.54, 1.807) is 66.7 Å². The van der Waals surface area contributed by atoms with Crippen LogP contribution >= 0.6 is 0 Å². The lowest BCUT2D eigenvalue weighted by atomic mass is 9.87. The Hall–Kier alpha value is -4.38. The van der Waals surface area contributed by atoms with E-state index in [0.29, 0.717) is 41.0 Å². The SMILES string of the molecule is O=C(O)OCCOc1ccc(/C(=C(/CC(F)(F)F)c2ccccc2)c2ccc3c(c2)c(F)nn3C2CCCCO2)cc1. The van der Waals surface area contributed by atoms with Gasteiger partial charge < -0.3 is 19.3 Å². The Balaban J connectivity index is 1.61. The summed E-state index contributed by atoms with van der Waals surface area (Å²) in [6.45, 7) is 0.322. The number of benzene rings is 3. The molecule has 5 rings (SSSR count). The fraction of sp³-hybridized carbons (Fsp3) is 0.290. The number of carboxylic acid groups (broad SMARTS) is 1. The van der Waals surface area contributed by atoms with Crippen molar-refractivity contribution in [3.63, 3.8) is 0 Å². The number of aromatic nitrogens is 2. The molecule has 11 heteroatoms. The van der Waals surface area contributed by atoms with Crippen LogP contribution in [0.5, 0.6) is 5.75 Å². The van der Waals surface area contributed by atoms with Crippen LogP contribution < -0.4 is 4.74 Å². The Morgan fingerprint density at radius 3 is 2.38 bits per heavy atom. The molecule has 1 unspecified atom stereocenters. The van der Waals surface area contributed by atoms with Gasteiger partial charge in [0.25, 0.3) is 0 Å². The molecule has 1 aliphatic heterocycles. The first kappa shape index (κ1) is 29.1. The molecule has 1 aromatic heterocycles. The van der Waals surface area contributed by atoms with Crippen LogP contribution in [0, 0.1) is 5.95 Å². The van der Waals surface area contributed by atoms with Crippen molar-refractivity contribution in [3.8, 4) is 5.75 Å². The van der Waals surface area contributed by atoms with Gasteiger partial charge in [-0.05, 0) is 71.4 Å². The van der Waals surface area contributed by atoms with Gasteiger partial charge in [-0.2, -0.15) is 17.6 Å². The van der Waals surface area contributed by atoms with Crippen molar-refractivity contribution in [1.29, 1.82) is 0 Å². The van der Waals surface area contributed by atoms with Crippen molar-refractivity contribution in [1.82, 2.24) is 9.78 Å². The fourth-order valence-corrected chi connectivity index (χ4v) is 5.09. The molecular formula is C31H28F4N2O5. The molecule has 0 spiro atoms. The molecule has 4 aromatic rings. The molecule has 0 bridgehead atoms. The van der Waals surface area contributed by atoms with Gasteiger partial charge in [-0.25, -0.2) is 9.48 Å². The van der Waals surface area contributed by atoms with Gasteiger partial charge in [-0.3, -0.25) is 0 Å². The largest absolute Gasteiger partial charge is 0.505 e. The third kappa shape index (κ3) is 6.91. The van der Waals surface area contributed by atoms with E-state index in [9.17, 15) is 18.0 Å². The highest BCUT2D eigenvalue weighted by atomic mass is 19.4. The summed E-state index contributed by atoms with van der Waals surface area (Å²) in [5.41, 5.74) is 2.01. The Labute approximate surface area is 238 Å². The number of halogens is 4. The smallest absolute Gasteiger partial charge is 0.490 e. The summed E-state index contributed by atoms with van der Waals surface area (Å²) in [5.74, 6) is -0.357. The number of rotatable bonds is 9. The second kappa shape index (κ2) is 12.6. The Morgan fingerprint density at radius 2 is 1.71 bits per heavy atom. The zero-order valence-corrected chi connectivity index (χ0v) is 22.4. The summed E-state index contributed by atoms with van der Waals surface area (Å²) in [4.78, 5) is 10.5. The molecule has 1 atom stereocenters. The van der Waals surface area contributed by atoms with Gasteiger partial charge in [0.1, 0.15) is 19.0 Å². The minimum Gasteiger partial charge on any atom is -0.490 e. The van der Waals surface area contributed by atoms with Crippen LogP contribution in [0.1, 0.15) is 48.6 Å². The maximum Gasteiger partial charge on any atom is 0.505 e. The molecule has 1 fully saturated rings. The van der Waals surface area contributed by atoms with Crippen molar-refractivity contribution in [2.45, 2.75) is 38.1 Å². The van der Waals surface area contributed by atoms with Crippen molar-refractivity contribution >= 4 is 28.2 Å². The number of hydrogen-bond acceptors (Lipinski definition) is 5. The lowest BCUT2D eigenvalue weighted by molar-refractivity contribution is -0.122. The maximum atomic E-state index is 15.2. The average molecular weight is 585 g/mol. The summed E-state index contributed by atoms with van der Waals surface area (Å²) in [6.07, 6.45) is -5.06. The summed E-state index contributed by atoms with van der Waals surface area (Å²) in [7, 11) is 0. The van der Waals surface area contributed by atoms with Crippen molar-refractivity contribution < 1.29 is 41.7 Å². The van der Waals surface area contributed by atoms with Crippen LogP contribution in [0.2, 0.25) is 0 Å². The molecular weight excluding hydrogens is 556 g/mol. The second-order valence-corrected chi connectivity index (χ2v) is 9.79. The van der Waals surface area contributed by atoms with Gasteiger partial charge in [-0.15, -0.1) is 5.10 Å². The highest BCUT2D eigenvalue weighted by molar-refractivity contribution is 6.00. The molecule has 1 aliphatic rings. The van der Waals surface area contributed by atoms with Gasteiger partial charge in [0.15, 0.2) is 6.23 Å². The van der Waals surface area contributed by atoms with E-state index in [-0.39, 0.29) is 29.7 Å². The molecule has 7 nitrogen and oxygen atoms in total. The highest BCUT2D eigenvalue weighted by Gasteiger charge is 2.32. The highest BCUT2D eigenvalue weighted by Crippen LogP contribution is 2.41. The molecule has 1 saturated heterocycles. The molecule has 42 heavy (non-hydrogen) atoms. The summed E-state index contributed by atoms with van der Waals surface area (Å²) in [5, 5.41) is 12.8. The molecule has 220 valence electrons. The summed E-state index contributed by atoms with van der Waals surface area (Å²) >= 11 is 0. The Bertz CT molecular complexity index is 1560. The Kier molecular flexibility index (Phi) is 8.77. The number of allylic oxidation sites excluding steroid dienone is 1. The lowest BCUT2D eigenvalue weighted by Crippen LogP contribution is -2.19. The zero-order valence-electron chi connectivity index (χ0n) is 22.4. The van der Waals surface area contributed by atoms with Crippen molar-refractivity contribution in [2.24, 2.45) is 0 Å². The molecule has 3 aromatic carbocycles. The minimum absolute atomic E-state index is 0.0226. The standard InChI is InChI=1S/C31H28F4N2O5/c32-29-24-18-22(11-14-26(24)37(36-29)27-8-4-5-15-41-27)28(25(19-31(33,34)35)20-6-2-1-3-7-20)21-9-12-23(13-10-21)40-16-17-42-30(38)39/h1-3,6-7,9-14,18,27H,4-5,8,15-17,19H2,(H,38,39)/b28-25+. The van der Waals surface area contributed by atoms with Crippen LogP contribution in [-0.2, 0) is 9.47 Å². The van der Waals surface area contributed by atoms with E-state index in [1.807, 2.05) is 0 Å². The third-order valence-corrected chi connectivity index (χ3v) is 6.90. The predicted octanol–water partition coefficient (Wildman–Crippen LogP) is 7.86. The average Bonchev–Trinajstić information content (AvgIpc) is 3.31. The Morgan fingerprint density at radius 1 is 0.976 bits per heavy atom. The number of carbonyl (C=O) groups is 1. The number of alkyl halides is 3. The van der Waals surface area contributed by atoms with Gasteiger partial charge in [0.05, 0.1) is 17.3 Å². The molecule has 0 aliphatic carbocycles. The monoisotopic (exact) mass is 584 g/mol. The van der Waals surface area contributed by atoms with Crippen molar-refractivity contribution in [2.75, 3.05) is 19.8 Å². The van der Waals surface area contributed by atoms with Crippen LogP contribution in [0.15, 0.2) is 72.8 Å². The molecule has 0 radical (unpaired) electrons. The van der Waals surface area contributed by atoms with Crippen LogP contribution in [0.25, 0.3) is 22.0 Å². The van der Waals surface area contributed by atoms with Crippen LogP contribution in [0.4, 0.5) is 22.4 Å². The fourth-order valence-electron chi connectivity index (χ4n) is 5.09. The number of hydrogen-bond donors (Lipinski definition) is 1. The normalized spacial score (nSPS) is 16.2. The zero-order chi connectivity index (χ0) is 29.7. The van der Waals surface area contributed by atoms with Crippen LogP contribution in [0.3, 0.4) is 0 Å². The van der Waals surface area contributed by atoms with Crippen LogP contribution in [-0.4, -0.2) is 47.0 Å². The molecule has 0 amide bonds. The molecule has 1 N–H and O–H groups in total. The van der Waals surface area contributed by atoms with E-state index in [0.717, 1.165) is 12.8 Å². The van der Waals surface area contributed by atoms with E-state index in [2.05, 4.69) is 9.84 Å². The second-order valence-electron chi connectivity index (χ2n) is 9.79. The first-order valence-corrected chi connectivity index (χ1v) is 13.4. The van der Waals surface area contributed by atoms with Gasteiger partial charge >= 0.3 is 12.3 Å². The van der Waals surface area contributed by atoms with E-state index in [4.69, 9.17) is 14.6 Å². The number of fused-ring (bicyclic) bond motifs is 1. The molecule has 2 heterocycles. The first-order valence-electron chi connectivity index (χ1n) is 13.4. The summed E-state index contributed by atoms with van der Waals surface area (Å²) < 4.78 is 74.5. The van der Waals surface area contributed by atoms with E-state index < -0.39 is 30.9 Å². The number of nitrogens with zero attached hydrogens (tertiary/aromatic N) is 2. The van der Waals surface area contributed by atoms with E-state index in [1.165, 1.54) is 10.7 Å². The number of ether oxygens (including phenoxy) is 3. The summed E-state index contributed by atoms with van der Waals surface area (Å²) in [6, 6.07) is 19.5. The topological polar surface area (TPSA) is 82.8 Å². The first-order chi connectivity index (χ1) is 20.2. The third-order valence-electron chi connectivity index (χ3n) is 6.90. The maximum absolute atomic E-state index is 15.2. The molecule has 0 saturated carbocycles. The van der Waals surface area contributed by atoms with Gasteiger partial charge in [0.2, 0.25) is 5.95 Å². The predicted molar refractivity (Wildman–Crippen MR) is 147 cm³/mol. The minimum atomic E-state index is -4.53.